The maximum atomic E-state index is 11.9. The molecule has 0 aliphatic heterocycles. The summed E-state index contributed by atoms with van der Waals surface area (Å²) in [7, 11) is 3.99. The second kappa shape index (κ2) is 7.70. The Labute approximate surface area is 107 Å². The van der Waals surface area contributed by atoms with Gasteiger partial charge in [0, 0.05) is 19.0 Å². The molecule has 0 aliphatic carbocycles. The Balaban J connectivity index is 3.97. The van der Waals surface area contributed by atoms with Crippen LogP contribution in [0.1, 0.15) is 47.0 Å². The normalized spacial score (nSPS) is 13.8. The van der Waals surface area contributed by atoms with E-state index < -0.39 is 0 Å². The van der Waals surface area contributed by atoms with E-state index in [1.165, 1.54) is 19.3 Å². The first-order valence-corrected chi connectivity index (χ1v) is 6.71. The Morgan fingerprint density at radius 3 is 2.41 bits per heavy atom. The smallest absolute Gasteiger partial charge is 0.224 e. The lowest BCUT2D eigenvalue weighted by Gasteiger charge is -2.26. The van der Waals surface area contributed by atoms with E-state index in [2.05, 4.69) is 26.1 Å². The van der Waals surface area contributed by atoms with E-state index in [0.717, 1.165) is 13.1 Å². The second-order valence-corrected chi connectivity index (χ2v) is 6.15. The van der Waals surface area contributed by atoms with Gasteiger partial charge in [0.05, 0.1) is 0 Å². The van der Waals surface area contributed by atoms with Crippen LogP contribution < -0.4 is 5.32 Å². The highest BCUT2D eigenvalue weighted by atomic mass is 16.1. The minimum absolute atomic E-state index is 0.0620. The fourth-order valence-corrected chi connectivity index (χ4v) is 1.87. The SMILES string of the molecule is CCCCC(C)(C)CNC(=O)C(C)CN(C)C. The molecule has 0 aliphatic rings. The third-order valence-electron chi connectivity index (χ3n) is 3.03. The summed E-state index contributed by atoms with van der Waals surface area (Å²) in [5.74, 6) is 0.232. The molecule has 3 heteroatoms. The Bertz CT molecular complexity index is 224. The standard InChI is InChI=1S/C14H30N2O/c1-7-8-9-14(3,4)11-15-13(17)12(2)10-16(5)6/h12H,7-11H2,1-6H3,(H,15,17). The molecule has 0 aromatic rings. The zero-order valence-electron chi connectivity index (χ0n) is 12.5. The molecule has 0 fully saturated rings. The van der Waals surface area contributed by atoms with Gasteiger partial charge in [-0.1, -0.05) is 40.5 Å². The number of rotatable bonds is 8. The van der Waals surface area contributed by atoms with E-state index >= 15 is 0 Å². The summed E-state index contributed by atoms with van der Waals surface area (Å²) in [4.78, 5) is 13.9. The highest BCUT2D eigenvalue weighted by molar-refractivity contribution is 5.78. The third-order valence-corrected chi connectivity index (χ3v) is 3.03. The predicted molar refractivity (Wildman–Crippen MR) is 74.0 cm³/mol. The number of amides is 1. The fraction of sp³-hybridized carbons (Fsp3) is 0.929. The number of hydrogen-bond donors (Lipinski definition) is 1. The van der Waals surface area contributed by atoms with Gasteiger partial charge in [-0.3, -0.25) is 4.79 Å². The van der Waals surface area contributed by atoms with Crippen LogP contribution in [0.25, 0.3) is 0 Å². The molecule has 3 nitrogen and oxygen atoms in total. The largest absolute Gasteiger partial charge is 0.355 e. The highest BCUT2D eigenvalue weighted by Gasteiger charge is 2.20. The lowest BCUT2D eigenvalue weighted by atomic mass is 9.87. The van der Waals surface area contributed by atoms with E-state index in [9.17, 15) is 4.79 Å². The van der Waals surface area contributed by atoms with Crippen LogP contribution in [0.2, 0.25) is 0 Å². The van der Waals surface area contributed by atoms with E-state index in [1.807, 2.05) is 25.9 Å². The van der Waals surface area contributed by atoms with Crippen LogP contribution in [0, 0.1) is 11.3 Å². The molecule has 0 spiro atoms. The summed E-state index contributed by atoms with van der Waals surface area (Å²) in [5.41, 5.74) is 0.212. The van der Waals surface area contributed by atoms with Crippen LogP contribution in [0.4, 0.5) is 0 Å². The monoisotopic (exact) mass is 242 g/mol. The first-order valence-electron chi connectivity index (χ1n) is 6.71. The van der Waals surface area contributed by atoms with Gasteiger partial charge in [-0.25, -0.2) is 0 Å². The van der Waals surface area contributed by atoms with Crippen molar-refractivity contribution in [3.05, 3.63) is 0 Å². The van der Waals surface area contributed by atoms with Crippen molar-refractivity contribution in [2.45, 2.75) is 47.0 Å². The minimum atomic E-state index is 0.0620. The molecule has 1 amide bonds. The van der Waals surface area contributed by atoms with Crippen molar-refractivity contribution in [3.63, 3.8) is 0 Å². The molecule has 1 unspecified atom stereocenters. The van der Waals surface area contributed by atoms with Crippen molar-refractivity contribution in [3.8, 4) is 0 Å². The molecule has 0 aromatic carbocycles. The molecular weight excluding hydrogens is 212 g/mol. The number of carbonyl (C=O) groups excluding carboxylic acids is 1. The van der Waals surface area contributed by atoms with Crippen molar-refractivity contribution in [2.24, 2.45) is 11.3 Å². The number of carbonyl (C=O) groups is 1. The Kier molecular flexibility index (Phi) is 7.44. The number of hydrogen-bond acceptors (Lipinski definition) is 2. The Morgan fingerprint density at radius 2 is 1.94 bits per heavy atom. The molecule has 0 aromatic heterocycles. The summed E-state index contributed by atoms with van der Waals surface area (Å²) < 4.78 is 0. The molecule has 0 saturated carbocycles. The molecule has 1 atom stereocenters. The number of nitrogens with one attached hydrogen (secondary N) is 1. The van der Waals surface area contributed by atoms with Crippen molar-refractivity contribution in [1.29, 1.82) is 0 Å². The van der Waals surface area contributed by atoms with E-state index in [0.29, 0.717) is 0 Å². The topological polar surface area (TPSA) is 32.3 Å². The van der Waals surface area contributed by atoms with Crippen molar-refractivity contribution in [2.75, 3.05) is 27.2 Å². The number of unbranched alkanes of at least 4 members (excludes halogenated alkanes) is 1. The zero-order valence-corrected chi connectivity index (χ0v) is 12.5. The van der Waals surface area contributed by atoms with Crippen molar-refractivity contribution < 1.29 is 4.79 Å². The first kappa shape index (κ1) is 16.4. The van der Waals surface area contributed by atoms with E-state index in [-0.39, 0.29) is 17.2 Å². The second-order valence-electron chi connectivity index (χ2n) is 6.15. The van der Waals surface area contributed by atoms with Crippen LogP contribution in [0.5, 0.6) is 0 Å². The van der Waals surface area contributed by atoms with Crippen LogP contribution in [-0.4, -0.2) is 38.0 Å². The van der Waals surface area contributed by atoms with E-state index in [4.69, 9.17) is 0 Å². The Hall–Kier alpha value is -0.570. The van der Waals surface area contributed by atoms with Gasteiger partial charge in [-0.2, -0.15) is 0 Å². The van der Waals surface area contributed by atoms with Crippen LogP contribution in [-0.2, 0) is 4.79 Å². The van der Waals surface area contributed by atoms with Gasteiger partial charge in [-0.05, 0) is 25.9 Å². The molecule has 1 N–H and O–H groups in total. The zero-order chi connectivity index (χ0) is 13.5. The summed E-state index contributed by atoms with van der Waals surface area (Å²) in [6, 6.07) is 0. The average Bonchev–Trinajstić information content (AvgIpc) is 2.22. The van der Waals surface area contributed by atoms with Gasteiger partial charge in [0.15, 0.2) is 0 Å². The van der Waals surface area contributed by atoms with Gasteiger partial charge in [0.25, 0.3) is 0 Å². The lowest BCUT2D eigenvalue weighted by Crippen LogP contribution is -2.39. The fourth-order valence-electron chi connectivity index (χ4n) is 1.87. The molecular formula is C14H30N2O. The van der Waals surface area contributed by atoms with Gasteiger partial charge in [0.2, 0.25) is 5.91 Å². The van der Waals surface area contributed by atoms with Gasteiger partial charge < -0.3 is 10.2 Å². The van der Waals surface area contributed by atoms with Crippen LogP contribution >= 0.6 is 0 Å². The van der Waals surface area contributed by atoms with Crippen LogP contribution in [0.3, 0.4) is 0 Å². The molecule has 17 heavy (non-hydrogen) atoms. The summed E-state index contributed by atoms with van der Waals surface area (Å²) in [5, 5.41) is 3.07. The molecule has 0 radical (unpaired) electrons. The maximum Gasteiger partial charge on any atom is 0.224 e. The van der Waals surface area contributed by atoms with Crippen LogP contribution in [0.15, 0.2) is 0 Å². The Morgan fingerprint density at radius 1 is 1.35 bits per heavy atom. The first-order chi connectivity index (χ1) is 7.78. The molecule has 102 valence electrons. The number of nitrogens with zero attached hydrogens (tertiary/aromatic N) is 1. The minimum Gasteiger partial charge on any atom is -0.355 e. The maximum absolute atomic E-state index is 11.9. The third kappa shape index (κ3) is 8.19. The quantitative estimate of drug-likeness (QED) is 0.709. The van der Waals surface area contributed by atoms with Gasteiger partial charge in [-0.15, -0.1) is 0 Å². The van der Waals surface area contributed by atoms with E-state index in [1.54, 1.807) is 0 Å². The van der Waals surface area contributed by atoms with Crippen molar-refractivity contribution >= 4 is 5.91 Å². The summed E-state index contributed by atoms with van der Waals surface area (Å²) in [6.45, 7) is 10.2. The molecule has 0 saturated heterocycles. The lowest BCUT2D eigenvalue weighted by molar-refractivity contribution is -0.125. The molecule has 0 rings (SSSR count). The highest BCUT2D eigenvalue weighted by Crippen LogP contribution is 2.22. The predicted octanol–water partition coefficient (Wildman–Crippen LogP) is 2.52. The van der Waals surface area contributed by atoms with Crippen molar-refractivity contribution in [1.82, 2.24) is 10.2 Å². The molecule has 0 heterocycles. The van der Waals surface area contributed by atoms with Gasteiger partial charge in [0.1, 0.15) is 0 Å². The van der Waals surface area contributed by atoms with Gasteiger partial charge >= 0.3 is 0 Å². The average molecular weight is 242 g/mol. The molecule has 0 bridgehead atoms. The summed E-state index contributed by atoms with van der Waals surface area (Å²) in [6.07, 6.45) is 3.62. The summed E-state index contributed by atoms with van der Waals surface area (Å²) >= 11 is 0.